The number of aromatic nitrogens is 2. The molecular weight excluding hydrogens is 326 g/mol. The average molecular weight is 345 g/mol. The molecule has 0 spiro atoms. The van der Waals surface area contributed by atoms with E-state index in [2.05, 4.69) is 38.0 Å². The summed E-state index contributed by atoms with van der Waals surface area (Å²) >= 11 is 4.38. The highest BCUT2D eigenvalue weighted by Gasteiger charge is 2.23. The second-order valence-corrected chi connectivity index (χ2v) is 6.78. The maximum Gasteiger partial charge on any atom is 0.240 e. The minimum atomic E-state index is -0.0939. The maximum absolute atomic E-state index is 11.4. The predicted molar refractivity (Wildman–Crippen MR) is 95.5 cm³/mol. The molecule has 0 saturated carbocycles. The molecule has 3 heterocycles. The molecule has 126 valence electrons. The van der Waals surface area contributed by atoms with Crippen LogP contribution in [-0.2, 0) is 9.53 Å². The zero-order chi connectivity index (χ0) is 16.7. The summed E-state index contributed by atoms with van der Waals surface area (Å²) in [6.07, 6.45) is 0.461. The quantitative estimate of drug-likeness (QED) is 0.721. The zero-order valence-corrected chi connectivity index (χ0v) is 14.2. The van der Waals surface area contributed by atoms with E-state index in [0.717, 1.165) is 34.8 Å². The minimum Gasteiger partial charge on any atom is -0.364 e. The van der Waals surface area contributed by atoms with Gasteiger partial charge in [-0.25, -0.2) is 10.4 Å². The third-order valence-corrected chi connectivity index (χ3v) is 4.68. The second kappa shape index (κ2) is 6.10. The number of fused-ring (bicyclic) bond motifs is 1. The van der Waals surface area contributed by atoms with E-state index in [0.29, 0.717) is 19.6 Å². The van der Waals surface area contributed by atoms with Crippen LogP contribution >= 0.6 is 12.6 Å². The van der Waals surface area contributed by atoms with Crippen LogP contribution in [0.15, 0.2) is 23.3 Å². The summed E-state index contributed by atoms with van der Waals surface area (Å²) in [6, 6.07) is 6.02. The lowest BCUT2D eigenvalue weighted by atomic mass is 9.94. The Morgan fingerprint density at radius 1 is 1.42 bits per heavy atom. The second-order valence-electron chi connectivity index (χ2n) is 6.20. The van der Waals surface area contributed by atoms with Crippen molar-refractivity contribution < 1.29 is 9.53 Å². The molecule has 2 aliphatic rings. The van der Waals surface area contributed by atoms with Crippen LogP contribution in [0.25, 0.3) is 11.0 Å². The zero-order valence-electron chi connectivity index (χ0n) is 13.3. The molecule has 0 radical (unpaired) electrons. The molecule has 4 rings (SSSR count). The predicted octanol–water partition coefficient (Wildman–Crippen LogP) is 1.52. The fourth-order valence-corrected chi connectivity index (χ4v) is 3.43. The van der Waals surface area contributed by atoms with Crippen LogP contribution in [0.4, 0.5) is 5.95 Å². The number of hydrogen-bond donors (Lipinski definition) is 3. The molecule has 1 saturated heterocycles. The highest BCUT2D eigenvalue weighted by molar-refractivity contribution is 7.80. The lowest BCUT2D eigenvalue weighted by Gasteiger charge is -2.30. The molecule has 1 fully saturated rings. The van der Waals surface area contributed by atoms with E-state index in [9.17, 15) is 4.79 Å². The molecule has 2 aliphatic heterocycles. The van der Waals surface area contributed by atoms with E-state index in [1.807, 2.05) is 25.1 Å². The SMILES string of the molecule is CC1CC(=O)NN=C1c1ccc2nc(N3CCOC(S)C3)[nH]c2c1. The molecule has 7 nitrogen and oxygen atoms in total. The third-order valence-electron chi connectivity index (χ3n) is 4.37. The number of nitrogens with one attached hydrogen (secondary N) is 2. The van der Waals surface area contributed by atoms with Crippen molar-refractivity contribution in [2.75, 3.05) is 24.6 Å². The summed E-state index contributed by atoms with van der Waals surface area (Å²) in [5.74, 6) is 0.893. The lowest BCUT2D eigenvalue weighted by molar-refractivity contribution is -0.121. The molecule has 2 N–H and O–H groups in total. The monoisotopic (exact) mass is 345 g/mol. The van der Waals surface area contributed by atoms with E-state index < -0.39 is 0 Å². The Balaban J connectivity index is 1.65. The first-order chi connectivity index (χ1) is 11.6. The highest BCUT2D eigenvalue weighted by atomic mass is 32.1. The normalized spacial score (nSPS) is 24.8. The molecule has 0 bridgehead atoms. The Kier molecular flexibility index (Phi) is 3.93. The van der Waals surface area contributed by atoms with Gasteiger partial charge in [0.2, 0.25) is 11.9 Å². The first-order valence-corrected chi connectivity index (χ1v) is 8.53. The number of imidazole rings is 1. The Morgan fingerprint density at radius 2 is 2.29 bits per heavy atom. The van der Waals surface area contributed by atoms with E-state index in [1.165, 1.54) is 0 Å². The van der Waals surface area contributed by atoms with Gasteiger partial charge in [0.05, 0.1) is 29.9 Å². The van der Waals surface area contributed by atoms with Crippen molar-refractivity contribution in [3.63, 3.8) is 0 Å². The number of H-pyrrole nitrogens is 1. The van der Waals surface area contributed by atoms with Crippen molar-refractivity contribution in [2.45, 2.75) is 18.8 Å². The number of carbonyl (C=O) groups is 1. The Bertz CT molecular complexity index is 818. The van der Waals surface area contributed by atoms with Crippen molar-refractivity contribution >= 4 is 41.2 Å². The van der Waals surface area contributed by atoms with Gasteiger partial charge in [0.15, 0.2) is 0 Å². The van der Waals surface area contributed by atoms with Gasteiger partial charge in [-0.2, -0.15) is 5.10 Å². The van der Waals surface area contributed by atoms with Crippen LogP contribution in [0.2, 0.25) is 0 Å². The first-order valence-electron chi connectivity index (χ1n) is 8.01. The summed E-state index contributed by atoms with van der Waals surface area (Å²) in [5.41, 5.74) is 6.23. The topological polar surface area (TPSA) is 82.6 Å². The van der Waals surface area contributed by atoms with Gasteiger partial charge in [-0.1, -0.05) is 13.0 Å². The van der Waals surface area contributed by atoms with E-state index >= 15 is 0 Å². The number of benzene rings is 1. The van der Waals surface area contributed by atoms with Crippen molar-refractivity contribution in [2.24, 2.45) is 11.0 Å². The molecule has 1 amide bonds. The maximum atomic E-state index is 11.4. The molecule has 1 aromatic heterocycles. The Hall–Kier alpha value is -2.06. The summed E-state index contributed by atoms with van der Waals surface area (Å²) in [5, 5.41) is 4.22. The fraction of sp³-hybridized carbons (Fsp3) is 0.438. The smallest absolute Gasteiger partial charge is 0.240 e. The van der Waals surface area contributed by atoms with E-state index in [4.69, 9.17) is 4.74 Å². The van der Waals surface area contributed by atoms with Crippen molar-refractivity contribution in [1.29, 1.82) is 0 Å². The van der Waals surface area contributed by atoms with Crippen molar-refractivity contribution in [1.82, 2.24) is 15.4 Å². The van der Waals surface area contributed by atoms with Crippen LogP contribution in [0, 0.1) is 5.92 Å². The van der Waals surface area contributed by atoms with Crippen LogP contribution in [0.3, 0.4) is 0 Å². The van der Waals surface area contributed by atoms with Gasteiger partial charge in [0.25, 0.3) is 0 Å². The number of nitrogens with zero attached hydrogens (tertiary/aromatic N) is 3. The van der Waals surface area contributed by atoms with Gasteiger partial charge in [-0.05, 0) is 12.1 Å². The summed E-state index contributed by atoms with van der Waals surface area (Å²) in [7, 11) is 0. The highest BCUT2D eigenvalue weighted by Crippen LogP contribution is 2.23. The number of aromatic amines is 1. The van der Waals surface area contributed by atoms with Crippen LogP contribution < -0.4 is 10.3 Å². The number of hydrazone groups is 1. The fourth-order valence-electron chi connectivity index (χ4n) is 3.13. The third kappa shape index (κ3) is 2.87. The molecule has 0 aliphatic carbocycles. The molecule has 2 aromatic rings. The Labute approximate surface area is 144 Å². The minimum absolute atomic E-state index is 0.0372. The first kappa shape index (κ1) is 15.5. The van der Waals surface area contributed by atoms with Gasteiger partial charge in [0.1, 0.15) is 5.44 Å². The van der Waals surface area contributed by atoms with Crippen LogP contribution in [-0.4, -0.2) is 46.7 Å². The molecule has 24 heavy (non-hydrogen) atoms. The number of rotatable bonds is 2. The molecular formula is C16H19N5O2S. The van der Waals surface area contributed by atoms with Gasteiger partial charge < -0.3 is 14.6 Å². The average Bonchev–Trinajstić information content (AvgIpc) is 2.98. The van der Waals surface area contributed by atoms with Gasteiger partial charge >= 0.3 is 0 Å². The molecule has 8 heteroatoms. The number of anilines is 1. The summed E-state index contributed by atoms with van der Waals surface area (Å²) in [4.78, 5) is 21.6. The molecule has 2 atom stereocenters. The largest absolute Gasteiger partial charge is 0.364 e. The van der Waals surface area contributed by atoms with Gasteiger partial charge in [-0.15, -0.1) is 12.6 Å². The van der Waals surface area contributed by atoms with Crippen molar-refractivity contribution in [3.8, 4) is 0 Å². The van der Waals surface area contributed by atoms with Crippen molar-refractivity contribution in [3.05, 3.63) is 23.8 Å². The number of hydrogen-bond acceptors (Lipinski definition) is 6. The molecule has 1 aromatic carbocycles. The number of carbonyl (C=O) groups excluding carboxylic acids is 1. The number of thiol groups is 1. The van der Waals surface area contributed by atoms with E-state index in [1.54, 1.807) is 0 Å². The lowest BCUT2D eigenvalue weighted by Crippen LogP contribution is -2.40. The summed E-state index contributed by atoms with van der Waals surface area (Å²) in [6.45, 7) is 4.15. The number of amides is 1. The standard InChI is InChI=1S/C16H19N5O2S/c1-9-6-13(22)19-20-15(9)10-2-3-11-12(7-10)18-16(17-11)21-4-5-23-14(24)8-21/h2-3,7,9,14,24H,4-6,8H2,1H3,(H,17,18)(H,19,22). The van der Waals surface area contributed by atoms with Gasteiger partial charge in [-0.3, -0.25) is 4.79 Å². The Morgan fingerprint density at radius 3 is 3.08 bits per heavy atom. The van der Waals surface area contributed by atoms with Gasteiger partial charge in [0, 0.05) is 24.4 Å². The molecule has 2 unspecified atom stereocenters. The number of ether oxygens (including phenoxy) is 1. The van der Waals surface area contributed by atoms with Crippen LogP contribution in [0.5, 0.6) is 0 Å². The van der Waals surface area contributed by atoms with Crippen LogP contribution in [0.1, 0.15) is 18.9 Å². The summed E-state index contributed by atoms with van der Waals surface area (Å²) < 4.78 is 5.45. The number of morpholine rings is 1. The van der Waals surface area contributed by atoms with E-state index in [-0.39, 0.29) is 17.3 Å².